The minimum absolute atomic E-state index is 0.0708. The zero-order chi connectivity index (χ0) is 22.9. The molecule has 1 unspecified atom stereocenters. The lowest BCUT2D eigenvalue weighted by molar-refractivity contribution is 0.0889. The zero-order valence-electron chi connectivity index (χ0n) is 20.0. The standard InChI is InChI=1S/C27H36N4O/c1-6-27(7-2,21-15-13-19(3)14-16-21)30-25(32)22-18-28-31-24(22)29-23(17-26(31,4)5)20-11-9-8-10-12-20/h8-11,13-16,18,20,23,29H,6-7,12,17H2,1-5H3,(H,30,32)/t20?,23-/m1/s1. The topological polar surface area (TPSA) is 59.0 Å². The molecule has 1 aliphatic heterocycles. The van der Waals surface area contributed by atoms with E-state index < -0.39 is 5.54 Å². The maximum absolute atomic E-state index is 13.6. The number of anilines is 1. The van der Waals surface area contributed by atoms with E-state index in [2.05, 4.69) is 98.9 Å². The molecular weight excluding hydrogens is 396 g/mol. The second-order valence-corrected chi connectivity index (χ2v) is 9.91. The summed E-state index contributed by atoms with van der Waals surface area (Å²) in [4.78, 5) is 13.6. The fourth-order valence-corrected chi connectivity index (χ4v) is 5.18. The van der Waals surface area contributed by atoms with Crippen LogP contribution in [0.4, 0.5) is 5.82 Å². The predicted molar refractivity (Wildman–Crippen MR) is 131 cm³/mol. The number of nitrogens with one attached hydrogen (secondary N) is 2. The van der Waals surface area contributed by atoms with Gasteiger partial charge in [0.2, 0.25) is 0 Å². The molecule has 0 radical (unpaired) electrons. The van der Waals surface area contributed by atoms with Crippen molar-refractivity contribution in [3.63, 3.8) is 0 Å². The van der Waals surface area contributed by atoms with Crippen LogP contribution in [-0.4, -0.2) is 21.7 Å². The van der Waals surface area contributed by atoms with Gasteiger partial charge in [0.25, 0.3) is 5.91 Å². The van der Waals surface area contributed by atoms with E-state index in [4.69, 9.17) is 0 Å². The van der Waals surface area contributed by atoms with Crippen molar-refractivity contribution >= 4 is 11.7 Å². The second-order valence-electron chi connectivity index (χ2n) is 9.91. The summed E-state index contributed by atoms with van der Waals surface area (Å²) in [6.45, 7) is 10.8. The third-order valence-electron chi connectivity index (χ3n) is 7.32. The molecule has 2 heterocycles. The lowest BCUT2D eigenvalue weighted by atomic mass is 9.82. The van der Waals surface area contributed by atoms with Crippen LogP contribution in [0.1, 0.15) is 74.9 Å². The highest BCUT2D eigenvalue weighted by molar-refractivity contribution is 5.99. The van der Waals surface area contributed by atoms with Crippen LogP contribution in [0.3, 0.4) is 0 Å². The predicted octanol–water partition coefficient (Wildman–Crippen LogP) is 5.69. The van der Waals surface area contributed by atoms with Gasteiger partial charge in [-0.25, -0.2) is 4.68 Å². The molecule has 0 bridgehead atoms. The minimum Gasteiger partial charge on any atom is -0.366 e. The van der Waals surface area contributed by atoms with Gasteiger partial charge < -0.3 is 10.6 Å². The third kappa shape index (κ3) is 4.01. The number of amides is 1. The quantitative estimate of drug-likeness (QED) is 0.617. The molecule has 32 heavy (non-hydrogen) atoms. The Kier molecular flexibility index (Phi) is 6.02. The summed E-state index contributed by atoms with van der Waals surface area (Å²) in [5.41, 5.74) is 2.42. The van der Waals surface area contributed by atoms with Crippen LogP contribution in [0.15, 0.2) is 54.8 Å². The maximum atomic E-state index is 13.6. The summed E-state index contributed by atoms with van der Waals surface area (Å²) in [5.74, 6) is 1.17. The van der Waals surface area contributed by atoms with Gasteiger partial charge in [-0.05, 0) is 52.0 Å². The Bertz CT molecular complexity index is 1020. The summed E-state index contributed by atoms with van der Waals surface area (Å²) in [5, 5.41) is 11.7. The van der Waals surface area contributed by atoms with Gasteiger partial charge in [0.1, 0.15) is 11.4 Å². The fourth-order valence-electron chi connectivity index (χ4n) is 5.18. The number of aryl methyl sites for hydroxylation is 1. The number of carbonyl (C=O) groups is 1. The summed E-state index contributed by atoms with van der Waals surface area (Å²) >= 11 is 0. The zero-order valence-corrected chi connectivity index (χ0v) is 20.0. The van der Waals surface area contributed by atoms with E-state index in [1.54, 1.807) is 6.20 Å². The van der Waals surface area contributed by atoms with Gasteiger partial charge in [0.15, 0.2) is 0 Å². The highest BCUT2D eigenvalue weighted by atomic mass is 16.1. The van der Waals surface area contributed by atoms with Crippen molar-refractivity contribution in [2.24, 2.45) is 5.92 Å². The Morgan fingerprint density at radius 3 is 2.56 bits per heavy atom. The average molecular weight is 433 g/mol. The van der Waals surface area contributed by atoms with Crippen LogP contribution in [0.5, 0.6) is 0 Å². The first-order chi connectivity index (χ1) is 15.3. The molecule has 1 aliphatic carbocycles. The summed E-state index contributed by atoms with van der Waals surface area (Å²) < 4.78 is 1.99. The van der Waals surface area contributed by atoms with Crippen molar-refractivity contribution in [2.75, 3.05) is 5.32 Å². The molecule has 2 N–H and O–H groups in total. The van der Waals surface area contributed by atoms with Gasteiger partial charge in [-0.3, -0.25) is 4.79 Å². The number of hydrogen-bond donors (Lipinski definition) is 2. The number of nitrogens with zero attached hydrogens (tertiary/aromatic N) is 2. The molecule has 0 saturated carbocycles. The largest absolute Gasteiger partial charge is 0.366 e. The van der Waals surface area contributed by atoms with Gasteiger partial charge >= 0.3 is 0 Å². The fraction of sp³-hybridized carbons (Fsp3) is 0.481. The number of hydrogen-bond acceptors (Lipinski definition) is 3. The van der Waals surface area contributed by atoms with Crippen LogP contribution in [0.25, 0.3) is 0 Å². The summed E-state index contributed by atoms with van der Waals surface area (Å²) in [7, 11) is 0. The Hall–Kier alpha value is -2.82. The van der Waals surface area contributed by atoms with Gasteiger partial charge in [-0.2, -0.15) is 5.10 Å². The number of benzene rings is 1. The van der Waals surface area contributed by atoms with Crippen LogP contribution in [-0.2, 0) is 11.1 Å². The first kappa shape index (κ1) is 22.4. The third-order valence-corrected chi connectivity index (χ3v) is 7.32. The minimum atomic E-state index is -0.403. The van der Waals surface area contributed by atoms with Crippen molar-refractivity contribution in [1.29, 1.82) is 0 Å². The molecule has 0 spiro atoms. The highest BCUT2D eigenvalue weighted by Crippen LogP contribution is 2.38. The summed E-state index contributed by atoms with van der Waals surface area (Å²) in [6.07, 6.45) is 14.1. The lowest BCUT2D eigenvalue weighted by Crippen LogP contribution is -2.47. The monoisotopic (exact) mass is 432 g/mol. The number of fused-ring (bicyclic) bond motifs is 1. The van der Waals surface area contributed by atoms with Gasteiger partial charge in [0, 0.05) is 12.0 Å². The lowest BCUT2D eigenvalue weighted by Gasteiger charge is -2.41. The van der Waals surface area contributed by atoms with Crippen LogP contribution >= 0.6 is 0 Å². The molecule has 1 aromatic carbocycles. The van der Waals surface area contributed by atoms with Crippen molar-refractivity contribution in [2.45, 2.75) is 77.4 Å². The number of allylic oxidation sites excluding steroid dienone is 3. The van der Waals surface area contributed by atoms with E-state index >= 15 is 0 Å². The Labute approximate surface area is 192 Å². The van der Waals surface area contributed by atoms with Crippen molar-refractivity contribution in [1.82, 2.24) is 15.1 Å². The first-order valence-corrected chi connectivity index (χ1v) is 11.9. The van der Waals surface area contributed by atoms with E-state index in [0.29, 0.717) is 11.5 Å². The van der Waals surface area contributed by atoms with Gasteiger partial charge in [-0.15, -0.1) is 0 Å². The molecule has 2 atom stereocenters. The Morgan fingerprint density at radius 2 is 1.94 bits per heavy atom. The van der Waals surface area contributed by atoms with E-state index in [1.165, 1.54) is 5.56 Å². The molecule has 0 saturated heterocycles. The van der Waals surface area contributed by atoms with E-state index in [0.717, 1.165) is 37.1 Å². The summed E-state index contributed by atoms with van der Waals surface area (Å²) in [6, 6.07) is 8.77. The van der Waals surface area contributed by atoms with E-state index in [1.807, 2.05) is 4.68 Å². The molecule has 5 heteroatoms. The second kappa shape index (κ2) is 8.61. The normalized spacial score (nSPS) is 21.7. The molecular formula is C27H36N4O. The van der Waals surface area contributed by atoms with E-state index in [9.17, 15) is 4.79 Å². The number of aromatic nitrogens is 2. The van der Waals surface area contributed by atoms with Gasteiger partial charge in [-0.1, -0.05) is 68.0 Å². The van der Waals surface area contributed by atoms with Crippen LogP contribution < -0.4 is 10.6 Å². The van der Waals surface area contributed by atoms with Crippen molar-refractivity contribution < 1.29 is 4.79 Å². The van der Waals surface area contributed by atoms with E-state index in [-0.39, 0.29) is 17.5 Å². The SMILES string of the molecule is CCC(CC)(NC(=O)c1cnn2c1N[C@@H](C1C=CC=CC1)CC2(C)C)c1ccc(C)cc1. The van der Waals surface area contributed by atoms with Crippen molar-refractivity contribution in [3.05, 3.63) is 71.5 Å². The highest BCUT2D eigenvalue weighted by Gasteiger charge is 2.39. The molecule has 1 amide bonds. The maximum Gasteiger partial charge on any atom is 0.257 e. The van der Waals surface area contributed by atoms with Crippen LogP contribution in [0, 0.1) is 12.8 Å². The molecule has 2 aromatic rings. The Balaban J connectivity index is 1.64. The smallest absolute Gasteiger partial charge is 0.257 e. The van der Waals surface area contributed by atoms with Crippen LogP contribution in [0.2, 0.25) is 0 Å². The number of rotatable bonds is 6. The molecule has 170 valence electrons. The first-order valence-electron chi connectivity index (χ1n) is 11.9. The average Bonchev–Trinajstić information content (AvgIpc) is 3.24. The van der Waals surface area contributed by atoms with Crippen molar-refractivity contribution in [3.8, 4) is 0 Å². The molecule has 0 fully saturated rings. The number of carbonyl (C=O) groups excluding carboxylic acids is 1. The molecule has 5 nitrogen and oxygen atoms in total. The molecule has 2 aliphatic rings. The molecule has 1 aromatic heterocycles. The Morgan fingerprint density at radius 1 is 1.22 bits per heavy atom. The molecule has 4 rings (SSSR count). The van der Waals surface area contributed by atoms with Gasteiger partial charge in [0.05, 0.1) is 17.3 Å².